The number of amides is 1. The van der Waals surface area contributed by atoms with Crippen molar-refractivity contribution in [2.24, 2.45) is 5.73 Å². The van der Waals surface area contributed by atoms with Crippen molar-refractivity contribution in [3.8, 4) is 5.75 Å². The van der Waals surface area contributed by atoms with Crippen molar-refractivity contribution in [2.45, 2.75) is 64.2 Å². The van der Waals surface area contributed by atoms with Gasteiger partial charge in [-0.1, -0.05) is 37.6 Å². The zero-order valence-electron chi connectivity index (χ0n) is 17.9. The lowest BCUT2D eigenvalue weighted by Crippen LogP contribution is -2.43. The zero-order chi connectivity index (χ0) is 22.3. The lowest BCUT2D eigenvalue weighted by atomic mass is 9.89. The first-order valence-corrected chi connectivity index (χ1v) is 10.3. The number of nitrogens with two attached hydrogens (primary N) is 1. The van der Waals surface area contributed by atoms with Gasteiger partial charge in [-0.25, -0.2) is 4.98 Å². The van der Waals surface area contributed by atoms with Crippen molar-refractivity contribution >= 4 is 5.91 Å². The number of rotatable bonds is 11. The highest BCUT2D eigenvalue weighted by atomic mass is 16.3. The van der Waals surface area contributed by atoms with Crippen LogP contribution in [0.3, 0.4) is 0 Å². The molecule has 0 radical (unpaired) electrons. The Labute approximate surface area is 178 Å². The second-order valence-corrected chi connectivity index (χ2v) is 8.31. The number of carbonyl (C=O) groups excluding carboxylic acids is 1. The third kappa shape index (κ3) is 6.52. The average Bonchev–Trinajstić information content (AvgIpc) is 2.70. The molecule has 0 aliphatic heterocycles. The predicted octanol–water partition coefficient (Wildman–Crippen LogP) is 2.29. The van der Waals surface area contributed by atoms with E-state index in [-0.39, 0.29) is 35.4 Å². The van der Waals surface area contributed by atoms with Gasteiger partial charge in [0.2, 0.25) is 5.91 Å². The van der Waals surface area contributed by atoms with E-state index < -0.39 is 12.7 Å². The molecule has 0 saturated heterocycles. The molecular formula is C23H33N3O4. The van der Waals surface area contributed by atoms with Gasteiger partial charge < -0.3 is 26.4 Å². The van der Waals surface area contributed by atoms with Crippen LogP contribution in [-0.4, -0.2) is 38.3 Å². The van der Waals surface area contributed by atoms with Gasteiger partial charge in [0.1, 0.15) is 17.5 Å². The first-order valence-electron chi connectivity index (χ1n) is 10.3. The van der Waals surface area contributed by atoms with Crippen LogP contribution in [0.1, 0.15) is 68.1 Å². The molecule has 0 fully saturated rings. The van der Waals surface area contributed by atoms with Gasteiger partial charge in [-0.15, -0.1) is 0 Å². The average molecular weight is 416 g/mol. The molecule has 2 aromatic rings. The molecule has 1 heterocycles. The zero-order valence-corrected chi connectivity index (χ0v) is 17.9. The monoisotopic (exact) mass is 415 g/mol. The summed E-state index contributed by atoms with van der Waals surface area (Å²) >= 11 is 0. The van der Waals surface area contributed by atoms with Crippen LogP contribution in [0.2, 0.25) is 0 Å². The van der Waals surface area contributed by atoms with Crippen LogP contribution in [0.15, 0.2) is 36.4 Å². The van der Waals surface area contributed by atoms with Gasteiger partial charge in [-0.05, 0) is 49.9 Å². The summed E-state index contributed by atoms with van der Waals surface area (Å²) < 4.78 is 0. The Hall–Kier alpha value is -2.48. The van der Waals surface area contributed by atoms with Crippen LogP contribution in [0.5, 0.6) is 5.75 Å². The van der Waals surface area contributed by atoms with Crippen molar-refractivity contribution in [1.82, 2.24) is 10.3 Å². The molecule has 2 rings (SSSR count). The molecule has 2 atom stereocenters. The Morgan fingerprint density at radius 1 is 1.27 bits per heavy atom. The van der Waals surface area contributed by atoms with E-state index in [4.69, 9.17) is 5.73 Å². The second-order valence-electron chi connectivity index (χ2n) is 8.31. The van der Waals surface area contributed by atoms with Crippen LogP contribution < -0.4 is 11.1 Å². The second kappa shape index (κ2) is 10.5. The van der Waals surface area contributed by atoms with E-state index in [0.717, 1.165) is 24.0 Å². The molecule has 0 spiro atoms. The molecule has 1 aromatic carbocycles. The van der Waals surface area contributed by atoms with E-state index >= 15 is 0 Å². The minimum absolute atomic E-state index is 0.0982. The Kier molecular flexibility index (Phi) is 8.34. The number of carbonyl (C=O) groups is 1. The summed E-state index contributed by atoms with van der Waals surface area (Å²) in [6, 6.07) is 10.9. The smallest absolute Gasteiger partial charge is 0.224 e. The summed E-state index contributed by atoms with van der Waals surface area (Å²) in [5, 5.41) is 32.7. The highest BCUT2D eigenvalue weighted by Crippen LogP contribution is 2.24. The van der Waals surface area contributed by atoms with E-state index in [1.165, 1.54) is 12.1 Å². The molecule has 30 heavy (non-hydrogen) atoms. The first kappa shape index (κ1) is 23.8. The summed E-state index contributed by atoms with van der Waals surface area (Å²) in [5.74, 6) is -0.689. The van der Waals surface area contributed by atoms with Gasteiger partial charge in [0.15, 0.2) is 0 Å². The maximum absolute atomic E-state index is 11.8. The molecule has 1 amide bonds. The predicted molar refractivity (Wildman–Crippen MR) is 116 cm³/mol. The van der Waals surface area contributed by atoms with Crippen molar-refractivity contribution in [1.29, 1.82) is 0 Å². The van der Waals surface area contributed by atoms with Gasteiger partial charge >= 0.3 is 0 Å². The van der Waals surface area contributed by atoms with Crippen LogP contribution in [0, 0.1) is 0 Å². The number of primary amides is 1. The molecule has 6 N–H and O–H groups in total. The van der Waals surface area contributed by atoms with Crippen LogP contribution in [0.4, 0.5) is 0 Å². The summed E-state index contributed by atoms with van der Waals surface area (Å²) in [7, 11) is 0. The SMILES string of the molecule is CCCC(C(N)=O)c1cccc(CC(C)(C)NCC(O)c2ccc(O)c(CO)n2)c1. The summed E-state index contributed by atoms with van der Waals surface area (Å²) in [4.78, 5) is 15.9. The van der Waals surface area contributed by atoms with Crippen molar-refractivity contribution < 1.29 is 20.1 Å². The quantitative estimate of drug-likeness (QED) is 0.383. The van der Waals surface area contributed by atoms with E-state index in [1.807, 2.05) is 45.0 Å². The number of hydrogen-bond donors (Lipinski definition) is 5. The summed E-state index contributed by atoms with van der Waals surface area (Å²) in [6.45, 7) is 5.96. The van der Waals surface area contributed by atoms with E-state index in [0.29, 0.717) is 12.1 Å². The number of nitrogens with one attached hydrogen (secondary N) is 1. The number of pyridine rings is 1. The number of aliphatic hydroxyl groups is 2. The number of nitrogens with zero attached hydrogens (tertiary/aromatic N) is 1. The fraction of sp³-hybridized carbons (Fsp3) is 0.478. The molecule has 1 aromatic heterocycles. The summed E-state index contributed by atoms with van der Waals surface area (Å²) in [5.41, 5.74) is 7.78. The largest absolute Gasteiger partial charge is 0.506 e. The minimum Gasteiger partial charge on any atom is -0.506 e. The lowest BCUT2D eigenvalue weighted by Gasteiger charge is -2.28. The van der Waals surface area contributed by atoms with Crippen LogP contribution in [0.25, 0.3) is 0 Å². The van der Waals surface area contributed by atoms with Gasteiger partial charge in [0.05, 0.1) is 18.2 Å². The van der Waals surface area contributed by atoms with Gasteiger partial charge in [0.25, 0.3) is 0 Å². The Morgan fingerprint density at radius 3 is 2.63 bits per heavy atom. The Morgan fingerprint density at radius 2 is 2.00 bits per heavy atom. The van der Waals surface area contributed by atoms with E-state index in [9.17, 15) is 20.1 Å². The van der Waals surface area contributed by atoms with Crippen molar-refractivity contribution in [2.75, 3.05) is 6.54 Å². The Balaban J connectivity index is 2.04. The first-order chi connectivity index (χ1) is 14.2. The van der Waals surface area contributed by atoms with Crippen LogP contribution in [-0.2, 0) is 17.8 Å². The number of aliphatic hydroxyl groups excluding tert-OH is 2. The fourth-order valence-electron chi connectivity index (χ4n) is 3.54. The number of aromatic hydroxyl groups is 1. The molecule has 0 aliphatic rings. The molecule has 0 saturated carbocycles. The third-order valence-electron chi connectivity index (χ3n) is 5.16. The normalized spacial score (nSPS) is 13.8. The number of hydrogen-bond acceptors (Lipinski definition) is 6. The van der Waals surface area contributed by atoms with Crippen molar-refractivity contribution in [3.63, 3.8) is 0 Å². The highest BCUT2D eigenvalue weighted by Gasteiger charge is 2.22. The molecule has 0 aliphatic carbocycles. The van der Waals surface area contributed by atoms with Gasteiger partial charge in [-0.2, -0.15) is 0 Å². The summed E-state index contributed by atoms with van der Waals surface area (Å²) in [6.07, 6.45) is 1.41. The highest BCUT2D eigenvalue weighted by molar-refractivity contribution is 5.81. The molecule has 2 unspecified atom stereocenters. The topological polar surface area (TPSA) is 129 Å². The number of aromatic nitrogens is 1. The molecule has 0 bridgehead atoms. The standard InChI is InChI=1S/C23H33N3O4/c1-4-6-17(22(24)30)16-8-5-7-15(11-16)12-23(2,3)25-13-21(29)18-9-10-20(28)19(14-27)26-18/h5,7-11,17,21,25,27-29H,4,6,12-14H2,1-3H3,(H2,24,30). The minimum atomic E-state index is -0.884. The van der Waals surface area contributed by atoms with Crippen molar-refractivity contribution in [3.05, 3.63) is 58.9 Å². The van der Waals surface area contributed by atoms with E-state index in [1.54, 1.807) is 0 Å². The molecule has 7 nitrogen and oxygen atoms in total. The number of benzene rings is 1. The molecular weight excluding hydrogens is 382 g/mol. The number of β-amino-alcohol motifs (C(OH)–C–C–N with tert-alkyl or cyclic N) is 1. The fourth-order valence-corrected chi connectivity index (χ4v) is 3.54. The molecule has 164 valence electrons. The van der Waals surface area contributed by atoms with E-state index in [2.05, 4.69) is 10.3 Å². The Bertz CT molecular complexity index is 854. The maximum atomic E-state index is 11.8. The van der Waals surface area contributed by atoms with Gasteiger partial charge in [0, 0.05) is 12.1 Å². The maximum Gasteiger partial charge on any atom is 0.224 e. The van der Waals surface area contributed by atoms with Crippen LogP contribution >= 0.6 is 0 Å². The van der Waals surface area contributed by atoms with Gasteiger partial charge in [-0.3, -0.25) is 4.79 Å². The lowest BCUT2D eigenvalue weighted by molar-refractivity contribution is -0.119. The molecule has 7 heteroatoms. The third-order valence-corrected chi connectivity index (χ3v) is 5.16.